The fourth-order valence-electron chi connectivity index (χ4n) is 2.28. The van der Waals surface area contributed by atoms with Crippen LogP contribution in [0.3, 0.4) is 0 Å². The van der Waals surface area contributed by atoms with Crippen molar-refractivity contribution in [3.05, 3.63) is 29.8 Å². The van der Waals surface area contributed by atoms with Gasteiger partial charge in [-0.15, -0.1) is 0 Å². The largest absolute Gasteiger partial charge is 0.385 e. The molecule has 0 spiro atoms. The van der Waals surface area contributed by atoms with Gasteiger partial charge in [-0.25, -0.2) is 0 Å². The molecule has 0 aliphatic heterocycles. The third-order valence-electron chi connectivity index (χ3n) is 3.29. The lowest BCUT2D eigenvalue weighted by molar-refractivity contribution is 0.402. The molecule has 0 aromatic heterocycles. The summed E-state index contributed by atoms with van der Waals surface area (Å²) in [7, 11) is 4.22. The molecule has 1 N–H and O–H groups in total. The standard InChI is InChI=1S/C17H30N2/c1-4-5-6-7-8-9-13-18-17-12-10-11-16(14-17)15-19(2)3/h10-12,14,18H,4-9,13,15H2,1-3H3. The summed E-state index contributed by atoms with van der Waals surface area (Å²) in [4.78, 5) is 2.20. The van der Waals surface area contributed by atoms with Crippen LogP contribution in [0.25, 0.3) is 0 Å². The van der Waals surface area contributed by atoms with E-state index in [2.05, 4.69) is 55.5 Å². The van der Waals surface area contributed by atoms with Crippen molar-refractivity contribution in [2.75, 3.05) is 26.0 Å². The van der Waals surface area contributed by atoms with Gasteiger partial charge in [0.1, 0.15) is 0 Å². The van der Waals surface area contributed by atoms with Crippen molar-refractivity contribution >= 4 is 5.69 Å². The lowest BCUT2D eigenvalue weighted by atomic mass is 10.1. The van der Waals surface area contributed by atoms with Crippen molar-refractivity contribution in [1.29, 1.82) is 0 Å². The Balaban J connectivity index is 2.18. The van der Waals surface area contributed by atoms with Crippen molar-refractivity contribution in [1.82, 2.24) is 4.90 Å². The van der Waals surface area contributed by atoms with E-state index in [0.29, 0.717) is 0 Å². The van der Waals surface area contributed by atoms with E-state index in [0.717, 1.165) is 13.1 Å². The number of hydrogen-bond donors (Lipinski definition) is 1. The number of unbranched alkanes of at least 4 members (excludes halogenated alkanes) is 5. The summed E-state index contributed by atoms with van der Waals surface area (Å²) in [5, 5.41) is 3.53. The minimum Gasteiger partial charge on any atom is -0.385 e. The molecule has 2 nitrogen and oxygen atoms in total. The molecule has 0 unspecified atom stereocenters. The molecule has 0 heterocycles. The van der Waals surface area contributed by atoms with Crippen LogP contribution in [0.1, 0.15) is 51.0 Å². The van der Waals surface area contributed by atoms with E-state index in [1.54, 1.807) is 0 Å². The zero-order valence-corrected chi connectivity index (χ0v) is 12.9. The molecule has 108 valence electrons. The van der Waals surface area contributed by atoms with Crippen LogP contribution < -0.4 is 5.32 Å². The van der Waals surface area contributed by atoms with Gasteiger partial charge in [-0.3, -0.25) is 0 Å². The number of nitrogens with zero attached hydrogens (tertiary/aromatic N) is 1. The number of anilines is 1. The van der Waals surface area contributed by atoms with Gasteiger partial charge in [0.25, 0.3) is 0 Å². The van der Waals surface area contributed by atoms with Crippen LogP contribution >= 0.6 is 0 Å². The summed E-state index contributed by atoms with van der Waals surface area (Å²) in [5.41, 5.74) is 2.63. The second kappa shape index (κ2) is 9.85. The molecule has 1 aromatic carbocycles. The fourth-order valence-corrected chi connectivity index (χ4v) is 2.28. The lowest BCUT2D eigenvalue weighted by Crippen LogP contribution is -2.11. The minimum absolute atomic E-state index is 1.01. The fraction of sp³-hybridized carbons (Fsp3) is 0.647. The molecule has 0 radical (unpaired) electrons. The van der Waals surface area contributed by atoms with Gasteiger partial charge in [0.05, 0.1) is 0 Å². The molecule has 0 fully saturated rings. The number of rotatable bonds is 10. The zero-order chi connectivity index (χ0) is 13.9. The van der Waals surface area contributed by atoms with Crippen LogP contribution in [-0.4, -0.2) is 25.5 Å². The van der Waals surface area contributed by atoms with Gasteiger partial charge in [0, 0.05) is 18.8 Å². The quantitative estimate of drug-likeness (QED) is 0.624. The number of hydrogen-bond acceptors (Lipinski definition) is 2. The topological polar surface area (TPSA) is 15.3 Å². The summed E-state index contributed by atoms with van der Waals surface area (Å²) < 4.78 is 0. The van der Waals surface area contributed by atoms with Gasteiger partial charge in [-0.05, 0) is 38.2 Å². The Kier molecular flexibility index (Phi) is 8.31. The van der Waals surface area contributed by atoms with Crippen LogP contribution in [-0.2, 0) is 6.54 Å². The normalized spacial score (nSPS) is 10.9. The van der Waals surface area contributed by atoms with Crippen molar-refractivity contribution in [3.8, 4) is 0 Å². The molecule has 2 heteroatoms. The van der Waals surface area contributed by atoms with Gasteiger partial charge < -0.3 is 10.2 Å². The van der Waals surface area contributed by atoms with Crippen molar-refractivity contribution < 1.29 is 0 Å². The van der Waals surface area contributed by atoms with Crippen LogP contribution in [0.15, 0.2) is 24.3 Å². The number of nitrogens with one attached hydrogen (secondary N) is 1. The SMILES string of the molecule is CCCCCCCCNc1cccc(CN(C)C)c1. The Bertz CT molecular complexity index is 334. The Morgan fingerprint density at radius 3 is 2.47 bits per heavy atom. The van der Waals surface area contributed by atoms with Crippen molar-refractivity contribution in [2.24, 2.45) is 0 Å². The van der Waals surface area contributed by atoms with Gasteiger partial charge in [-0.2, -0.15) is 0 Å². The van der Waals surface area contributed by atoms with Crippen LogP contribution in [0.4, 0.5) is 5.69 Å². The van der Waals surface area contributed by atoms with E-state index in [1.165, 1.54) is 49.8 Å². The highest BCUT2D eigenvalue weighted by Crippen LogP contribution is 2.12. The van der Waals surface area contributed by atoms with Crippen molar-refractivity contribution in [2.45, 2.75) is 52.0 Å². The molecule has 1 aromatic rings. The van der Waals surface area contributed by atoms with E-state index in [1.807, 2.05) is 0 Å². The predicted molar refractivity (Wildman–Crippen MR) is 85.7 cm³/mol. The first kappa shape index (κ1) is 16.0. The Hall–Kier alpha value is -1.02. The summed E-state index contributed by atoms with van der Waals surface area (Å²) in [6.45, 7) is 4.37. The Morgan fingerprint density at radius 1 is 1.00 bits per heavy atom. The first-order valence-electron chi connectivity index (χ1n) is 7.70. The van der Waals surface area contributed by atoms with E-state index < -0.39 is 0 Å². The first-order valence-corrected chi connectivity index (χ1v) is 7.70. The second-order valence-electron chi connectivity index (χ2n) is 5.63. The molecule has 0 saturated carbocycles. The van der Waals surface area contributed by atoms with Gasteiger partial charge in [0.15, 0.2) is 0 Å². The maximum absolute atomic E-state index is 3.53. The minimum atomic E-state index is 1.01. The summed E-state index contributed by atoms with van der Waals surface area (Å²) in [6.07, 6.45) is 8.13. The average Bonchev–Trinajstić information content (AvgIpc) is 2.37. The lowest BCUT2D eigenvalue weighted by Gasteiger charge is -2.12. The molecular weight excluding hydrogens is 232 g/mol. The summed E-state index contributed by atoms with van der Waals surface area (Å²) in [6, 6.07) is 8.76. The monoisotopic (exact) mass is 262 g/mol. The van der Waals surface area contributed by atoms with Crippen LogP contribution in [0, 0.1) is 0 Å². The summed E-state index contributed by atoms with van der Waals surface area (Å²) >= 11 is 0. The van der Waals surface area contributed by atoms with Gasteiger partial charge in [-0.1, -0.05) is 51.2 Å². The molecule has 19 heavy (non-hydrogen) atoms. The molecular formula is C17H30N2. The van der Waals surface area contributed by atoms with Crippen LogP contribution in [0.2, 0.25) is 0 Å². The molecule has 0 amide bonds. The molecule has 0 aliphatic rings. The maximum Gasteiger partial charge on any atom is 0.0343 e. The van der Waals surface area contributed by atoms with E-state index in [4.69, 9.17) is 0 Å². The highest BCUT2D eigenvalue weighted by atomic mass is 15.0. The van der Waals surface area contributed by atoms with E-state index >= 15 is 0 Å². The Morgan fingerprint density at radius 2 is 1.74 bits per heavy atom. The van der Waals surface area contributed by atoms with E-state index in [9.17, 15) is 0 Å². The van der Waals surface area contributed by atoms with Crippen LogP contribution in [0.5, 0.6) is 0 Å². The van der Waals surface area contributed by atoms with Gasteiger partial charge >= 0.3 is 0 Å². The zero-order valence-electron chi connectivity index (χ0n) is 12.9. The van der Waals surface area contributed by atoms with Gasteiger partial charge in [0.2, 0.25) is 0 Å². The summed E-state index contributed by atoms with van der Waals surface area (Å²) in [5.74, 6) is 0. The molecule has 0 atom stereocenters. The third-order valence-corrected chi connectivity index (χ3v) is 3.29. The Labute approximate surface area is 119 Å². The second-order valence-corrected chi connectivity index (χ2v) is 5.63. The smallest absolute Gasteiger partial charge is 0.0343 e. The molecule has 0 aliphatic carbocycles. The van der Waals surface area contributed by atoms with Crippen molar-refractivity contribution in [3.63, 3.8) is 0 Å². The molecule has 0 saturated heterocycles. The number of benzene rings is 1. The highest BCUT2D eigenvalue weighted by molar-refractivity contribution is 5.45. The predicted octanol–water partition coefficient (Wildman–Crippen LogP) is 4.52. The third kappa shape index (κ3) is 7.89. The highest BCUT2D eigenvalue weighted by Gasteiger charge is 1.97. The average molecular weight is 262 g/mol. The van der Waals surface area contributed by atoms with E-state index in [-0.39, 0.29) is 0 Å². The molecule has 1 rings (SSSR count). The molecule has 0 bridgehead atoms. The maximum atomic E-state index is 3.53. The first-order chi connectivity index (χ1) is 9.22.